The van der Waals surface area contributed by atoms with Gasteiger partial charge in [-0.15, -0.1) is 0 Å². The summed E-state index contributed by atoms with van der Waals surface area (Å²) in [5, 5.41) is 17.6. The SMILES string of the molecule is CN(C(=O)[C@H](Cc1ccncc1)NC(O)Cn1nc(C(F)(F)F)c2c1CCCC2)c1ccccc1. The maximum atomic E-state index is 13.5. The van der Waals surface area contributed by atoms with E-state index < -0.39 is 24.1 Å². The first kappa shape index (κ1) is 24.9. The van der Waals surface area contributed by atoms with Crippen molar-refractivity contribution in [2.24, 2.45) is 0 Å². The Bertz CT molecular complexity index is 1140. The zero-order valence-corrected chi connectivity index (χ0v) is 19.4. The first-order valence-electron chi connectivity index (χ1n) is 11.6. The van der Waals surface area contributed by atoms with Crippen LogP contribution in [0, 0.1) is 0 Å². The number of aliphatic hydroxyl groups excluding tert-OH is 1. The number of rotatable bonds is 8. The number of pyridine rings is 1. The van der Waals surface area contributed by atoms with Crippen molar-refractivity contribution in [1.82, 2.24) is 20.1 Å². The Labute approximate surface area is 201 Å². The minimum Gasteiger partial charge on any atom is -0.377 e. The van der Waals surface area contributed by atoms with Gasteiger partial charge in [0, 0.05) is 36.4 Å². The molecule has 3 aromatic rings. The minimum atomic E-state index is -4.55. The highest BCUT2D eigenvalue weighted by Gasteiger charge is 2.39. The average Bonchev–Trinajstić information content (AvgIpc) is 3.23. The quantitative estimate of drug-likeness (QED) is 0.476. The van der Waals surface area contributed by atoms with Crippen LogP contribution < -0.4 is 10.2 Å². The van der Waals surface area contributed by atoms with Crippen LogP contribution in [0.5, 0.6) is 0 Å². The lowest BCUT2D eigenvalue weighted by Gasteiger charge is -2.27. The van der Waals surface area contributed by atoms with Gasteiger partial charge in [-0.25, -0.2) is 0 Å². The van der Waals surface area contributed by atoms with Crippen molar-refractivity contribution < 1.29 is 23.1 Å². The van der Waals surface area contributed by atoms with Crippen LogP contribution in [0.15, 0.2) is 54.9 Å². The van der Waals surface area contributed by atoms with Gasteiger partial charge in [-0.3, -0.25) is 19.8 Å². The van der Waals surface area contributed by atoms with Gasteiger partial charge in [-0.1, -0.05) is 18.2 Å². The molecule has 1 aliphatic rings. The molecule has 0 spiro atoms. The Morgan fingerprint density at radius 3 is 2.51 bits per heavy atom. The number of nitrogens with zero attached hydrogens (tertiary/aromatic N) is 4. The maximum absolute atomic E-state index is 13.5. The fourth-order valence-electron chi connectivity index (χ4n) is 4.48. The van der Waals surface area contributed by atoms with E-state index in [4.69, 9.17) is 0 Å². The Hall–Kier alpha value is -3.24. The molecule has 7 nitrogen and oxygen atoms in total. The van der Waals surface area contributed by atoms with Gasteiger partial charge in [-0.2, -0.15) is 18.3 Å². The minimum absolute atomic E-state index is 0.201. The summed E-state index contributed by atoms with van der Waals surface area (Å²) in [6, 6.07) is 11.8. The molecule has 2 N–H and O–H groups in total. The van der Waals surface area contributed by atoms with E-state index in [1.807, 2.05) is 18.2 Å². The third-order valence-electron chi connectivity index (χ3n) is 6.23. The normalized spacial score (nSPS) is 15.3. The molecule has 1 aromatic carbocycles. The molecule has 1 aliphatic carbocycles. The zero-order chi connectivity index (χ0) is 25.0. The van der Waals surface area contributed by atoms with Gasteiger partial charge in [0.1, 0.15) is 6.23 Å². The number of aliphatic hydroxyl groups is 1. The summed E-state index contributed by atoms with van der Waals surface area (Å²) >= 11 is 0. The highest BCUT2D eigenvalue weighted by molar-refractivity contribution is 5.96. The van der Waals surface area contributed by atoms with E-state index in [1.165, 1.54) is 9.58 Å². The lowest BCUT2D eigenvalue weighted by atomic mass is 9.95. The van der Waals surface area contributed by atoms with Crippen LogP contribution in [0.4, 0.5) is 18.9 Å². The second-order valence-corrected chi connectivity index (χ2v) is 8.69. The standard InChI is InChI=1S/C25H28F3N5O2/c1-32(18-7-3-2-4-8-18)24(35)20(15-17-11-13-29-14-12-17)30-22(34)16-33-21-10-6-5-9-19(21)23(31-33)25(26,27)28/h2-4,7-8,11-14,20,22,30,34H,5-6,9-10,15-16H2,1H3/t20-,22?/m0/s1. The molecule has 35 heavy (non-hydrogen) atoms. The lowest BCUT2D eigenvalue weighted by Crippen LogP contribution is -2.51. The molecule has 1 amide bonds. The van der Waals surface area contributed by atoms with Gasteiger partial charge in [0.05, 0.1) is 12.6 Å². The number of carbonyl (C=O) groups is 1. The number of hydrogen-bond acceptors (Lipinski definition) is 5. The van der Waals surface area contributed by atoms with Gasteiger partial charge in [0.15, 0.2) is 5.69 Å². The van der Waals surface area contributed by atoms with Crippen molar-refractivity contribution in [3.8, 4) is 0 Å². The third-order valence-corrected chi connectivity index (χ3v) is 6.23. The summed E-state index contributed by atoms with van der Waals surface area (Å²) in [5.74, 6) is -0.287. The second kappa shape index (κ2) is 10.6. The molecule has 0 radical (unpaired) electrons. The number of carbonyl (C=O) groups excluding carboxylic acids is 1. The van der Waals surface area contributed by atoms with Crippen molar-refractivity contribution in [2.45, 2.75) is 57.1 Å². The number of nitrogens with one attached hydrogen (secondary N) is 1. The van der Waals surface area contributed by atoms with Gasteiger partial charge in [0.25, 0.3) is 0 Å². The Balaban J connectivity index is 1.55. The Kier molecular flexibility index (Phi) is 7.51. The number of fused-ring (bicyclic) bond motifs is 1. The van der Waals surface area contributed by atoms with Crippen LogP contribution in [0.3, 0.4) is 0 Å². The highest BCUT2D eigenvalue weighted by Crippen LogP contribution is 2.35. The van der Waals surface area contributed by atoms with E-state index in [2.05, 4.69) is 15.4 Å². The molecule has 1 unspecified atom stereocenters. The molecule has 0 bridgehead atoms. The molecular formula is C25H28F3N5O2. The van der Waals surface area contributed by atoms with Gasteiger partial charge >= 0.3 is 6.18 Å². The molecular weight excluding hydrogens is 459 g/mol. The molecule has 0 saturated heterocycles. The smallest absolute Gasteiger partial charge is 0.377 e. The summed E-state index contributed by atoms with van der Waals surface area (Å²) in [6.45, 7) is -0.201. The summed E-state index contributed by atoms with van der Waals surface area (Å²) in [4.78, 5) is 18.9. The predicted molar refractivity (Wildman–Crippen MR) is 125 cm³/mol. The molecule has 0 saturated carbocycles. The molecule has 0 fully saturated rings. The molecule has 0 aliphatic heterocycles. The molecule has 2 atom stereocenters. The number of halogens is 3. The molecule has 2 heterocycles. The van der Waals surface area contributed by atoms with E-state index in [-0.39, 0.29) is 24.4 Å². The number of amides is 1. The number of anilines is 1. The Morgan fingerprint density at radius 2 is 1.83 bits per heavy atom. The fraction of sp³-hybridized carbons (Fsp3) is 0.400. The summed E-state index contributed by atoms with van der Waals surface area (Å²) in [7, 11) is 1.64. The van der Waals surface area contributed by atoms with E-state index in [1.54, 1.807) is 43.7 Å². The van der Waals surface area contributed by atoms with Gasteiger partial charge < -0.3 is 10.0 Å². The number of aromatic nitrogens is 3. The largest absolute Gasteiger partial charge is 0.435 e. The van der Waals surface area contributed by atoms with Crippen molar-refractivity contribution >= 4 is 11.6 Å². The van der Waals surface area contributed by atoms with E-state index in [9.17, 15) is 23.1 Å². The van der Waals surface area contributed by atoms with Crippen molar-refractivity contribution in [3.05, 3.63) is 77.4 Å². The van der Waals surface area contributed by atoms with Gasteiger partial charge in [0.2, 0.25) is 5.91 Å². The Morgan fingerprint density at radius 1 is 1.14 bits per heavy atom. The number of likely N-dealkylation sites (N-methyl/N-ethyl adjacent to an activating group) is 1. The summed E-state index contributed by atoms with van der Waals surface area (Å²) in [6.07, 6.45) is -0.112. The molecule has 2 aromatic heterocycles. The van der Waals surface area contributed by atoms with Crippen LogP contribution in [-0.2, 0) is 36.8 Å². The topological polar surface area (TPSA) is 83.3 Å². The van der Waals surface area contributed by atoms with E-state index >= 15 is 0 Å². The predicted octanol–water partition coefficient (Wildman–Crippen LogP) is 3.36. The molecule has 10 heteroatoms. The third kappa shape index (κ3) is 5.88. The number of benzene rings is 1. The first-order valence-corrected chi connectivity index (χ1v) is 11.6. The average molecular weight is 488 g/mol. The number of para-hydroxylation sites is 1. The zero-order valence-electron chi connectivity index (χ0n) is 19.4. The molecule has 4 rings (SSSR count). The lowest BCUT2D eigenvalue weighted by molar-refractivity contribution is -0.142. The van der Waals surface area contributed by atoms with E-state index in [0.29, 0.717) is 30.6 Å². The van der Waals surface area contributed by atoms with Crippen LogP contribution in [0.2, 0.25) is 0 Å². The fourth-order valence-corrected chi connectivity index (χ4v) is 4.48. The monoisotopic (exact) mass is 487 g/mol. The first-order chi connectivity index (χ1) is 16.7. The van der Waals surface area contributed by atoms with Crippen molar-refractivity contribution in [3.63, 3.8) is 0 Å². The highest BCUT2D eigenvalue weighted by atomic mass is 19.4. The second-order valence-electron chi connectivity index (χ2n) is 8.69. The van der Waals surface area contributed by atoms with E-state index in [0.717, 1.165) is 12.0 Å². The summed E-state index contributed by atoms with van der Waals surface area (Å²) in [5.41, 5.74) is 1.35. The number of alkyl halides is 3. The van der Waals surface area contributed by atoms with Crippen LogP contribution in [0.25, 0.3) is 0 Å². The van der Waals surface area contributed by atoms with Crippen molar-refractivity contribution in [2.75, 3.05) is 11.9 Å². The maximum Gasteiger partial charge on any atom is 0.435 e. The van der Waals surface area contributed by atoms with Crippen LogP contribution >= 0.6 is 0 Å². The number of hydrogen-bond donors (Lipinski definition) is 2. The van der Waals surface area contributed by atoms with Crippen molar-refractivity contribution in [1.29, 1.82) is 0 Å². The van der Waals surface area contributed by atoms with Crippen LogP contribution in [0.1, 0.15) is 35.4 Å². The summed E-state index contributed by atoms with van der Waals surface area (Å²) < 4.78 is 41.8. The van der Waals surface area contributed by atoms with Gasteiger partial charge in [-0.05, 0) is 61.9 Å². The van der Waals surface area contributed by atoms with Crippen LogP contribution in [-0.4, -0.2) is 45.1 Å². The molecule has 186 valence electrons.